The Bertz CT molecular complexity index is 1080. The van der Waals surface area contributed by atoms with Crippen LogP contribution in [0.5, 0.6) is 0 Å². The molecule has 0 heterocycles. The zero-order valence-corrected chi connectivity index (χ0v) is 16.8. The predicted octanol–water partition coefficient (Wildman–Crippen LogP) is 3.99. The molecule has 0 aromatic heterocycles. The Hall–Kier alpha value is -2.46. The molecule has 0 saturated heterocycles. The largest absolute Gasteiger partial charge is 0.743 e. The summed E-state index contributed by atoms with van der Waals surface area (Å²) in [5.74, 6) is -7.16. The van der Waals surface area contributed by atoms with Crippen LogP contribution in [0.3, 0.4) is 0 Å². The Labute approximate surface area is 175 Å². The standard InChI is InChI=1S/C21H18F4O5S/c22-20(23,21(24,25)31(27,28)29)9-10-30-19(26)17-11-16-12-5-1-3-7-14(12)18(17)15-8-4-2-6-13(15)16/h1-8,16-18H,9-11H2,(H,27,28,29)/p-1. The van der Waals surface area contributed by atoms with Gasteiger partial charge in [0, 0.05) is 11.8 Å². The van der Waals surface area contributed by atoms with Crippen LogP contribution in [0.2, 0.25) is 0 Å². The summed E-state index contributed by atoms with van der Waals surface area (Å²) < 4.78 is 90.0. The van der Waals surface area contributed by atoms with Crippen LogP contribution in [0.4, 0.5) is 17.6 Å². The number of fused-ring (bicyclic) bond motifs is 1. The van der Waals surface area contributed by atoms with Gasteiger partial charge in [0.25, 0.3) is 0 Å². The number of carbonyl (C=O) groups is 1. The van der Waals surface area contributed by atoms with Gasteiger partial charge in [-0.15, -0.1) is 0 Å². The minimum Gasteiger partial charge on any atom is -0.743 e. The molecule has 2 bridgehead atoms. The molecule has 31 heavy (non-hydrogen) atoms. The Balaban J connectivity index is 1.52. The Kier molecular flexibility index (Phi) is 5.13. The van der Waals surface area contributed by atoms with E-state index in [1.54, 1.807) is 0 Å². The van der Waals surface area contributed by atoms with Crippen LogP contribution in [0.25, 0.3) is 0 Å². The fraction of sp³-hybridized carbons (Fsp3) is 0.381. The molecule has 3 aliphatic rings. The number of alkyl halides is 4. The monoisotopic (exact) mass is 457 g/mol. The van der Waals surface area contributed by atoms with Gasteiger partial charge < -0.3 is 9.29 Å². The van der Waals surface area contributed by atoms with Crippen LogP contribution in [0.1, 0.15) is 46.9 Å². The molecular weight excluding hydrogens is 440 g/mol. The molecule has 0 radical (unpaired) electrons. The van der Waals surface area contributed by atoms with Crippen LogP contribution >= 0.6 is 0 Å². The average molecular weight is 457 g/mol. The van der Waals surface area contributed by atoms with Crippen LogP contribution in [0, 0.1) is 5.92 Å². The van der Waals surface area contributed by atoms with Crippen molar-refractivity contribution in [2.75, 3.05) is 6.61 Å². The number of rotatable bonds is 6. The quantitative estimate of drug-likeness (QED) is 0.372. The SMILES string of the molecule is O=C(OCCC(F)(F)C(F)(F)S(=O)(=O)[O-])C1CC2c3ccccc3C1c1ccccc12. The Morgan fingerprint density at radius 3 is 1.94 bits per heavy atom. The third-order valence-electron chi connectivity index (χ3n) is 6.01. The van der Waals surface area contributed by atoms with Gasteiger partial charge in [-0.3, -0.25) is 4.79 Å². The third-order valence-corrected chi connectivity index (χ3v) is 6.93. The predicted molar refractivity (Wildman–Crippen MR) is 99.8 cm³/mol. The van der Waals surface area contributed by atoms with E-state index in [1.807, 2.05) is 48.5 Å². The lowest BCUT2D eigenvalue weighted by molar-refractivity contribution is -0.176. The molecule has 2 aromatic carbocycles. The highest BCUT2D eigenvalue weighted by Crippen LogP contribution is 2.55. The van der Waals surface area contributed by atoms with Gasteiger partial charge in [-0.1, -0.05) is 48.5 Å². The molecule has 3 aliphatic carbocycles. The van der Waals surface area contributed by atoms with Gasteiger partial charge in [0.05, 0.1) is 18.9 Å². The van der Waals surface area contributed by atoms with Gasteiger partial charge in [-0.25, -0.2) is 8.42 Å². The van der Waals surface area contributed by atoms with E-state index in [4.69, 9.17) is 4.74 Å². The highest BCUT2D eigenvalue weighted by Gasteiger charge is 2.61. The topological polar surface area (TPSA) is 83.5 Å². The van der Waals surface area contributed by atoms with Gasteiger partial charge >= 0.3 is 17.1 Å². The Morgan fingerprint density at radius 1 is 0.968 bits per heavy atom. The zero-order chi connectivity index (χ0) is 22.6. The van der Waals surface area contributed by atoms with Crippen LogP contribution in [-0.2, 0) is 19.6 Å². The van der Waals surface area contributed by atoms with E-state index in [-0.39, 0.29) is 11.8 Å². The first kappa shape index (κ1) is 21.8. The fourth-order valence-electron chi connectivity index (χ4n) is 4.58. The summed E-state index contributed by atoms with van der Waals surface area (Å²) in [6.45, 7) is -1.14. The molecule has 166 valence electrons. The van der Waals surface area contributed by atoms with Crippen molar-refractivity contribution in [1.82, 2.24) is 0 Å². The highest BCUT2D eigenvalue weighted by molar-refractivity contribution is 7.86. The third kappa shape index (κ3) is 3.41. The maximum absolute atomic E-state index is 13.6. The van der Waals surface area contributed by atoms with E-state index in [0.29, 0.717) is 6.42 Å². The summed E-state index contributed by atoms with van der Waals surface area (Å²) in [5, 5.41) is -5.80. The van der Waals surface area contributed by atoms with E-state index < -0.39 is 46.2 Å². The molecule has 0 spiro atoms. The first-order chi connectivity index (χ1) is 14.5. The average Bonchev–Trinajstić information content (AvgIpc) is 2.72. The second-order valence-corrected chi connectivity index (χ2v) is 9.14. The van der Waals surface area contributed by atoms with E-state index in [0.717, 1.165) is 22.3 Å². The van der Waals surface area contributed by atoms with Gasteiger partial charge in [0.1, 0.15) is 0 Å². The van der Waals surface area contributed by atoms with Crippen molar-refractivity contribution < 1.29 is 40.1 Å². The van der Waals surface area contributed by atoms with Crippen LogP contribution < -0.4 is 0 Å². The molecule has 5 rings (SSSR count). The normalized spacial score (nSPS) is 22.5. The van der Waals surface area contributed by atoms with Crippen LogP contribution in [-0.4, -0.2) is 36.7 Å². The number of ether oxygens (including phenoxy) is 1. The number of hydrogen-bond acceptors (Lipinski definition) is 5. The molecule has 0 saturated carbocycles. The van der Waals surface area contributed by atoms with Gasteiger partial charge in [0.2, 0.25) is 0 Å². The first-order valence-electron chi connectivity index (χ1n) is 9.51. The maximum Gasteiger partial charge on any atom is 0.396 e. The van der Waals surface area contributed by atoms with Crippen molar-refractivity contribution in [2.24, 2.45) is 5.92 Å². The fourth-order valence-corrected chi connectivity index (χ4v) is 5.05. The second-order valence-electron chi connectivity index (χ2n) is 7.72. The molecule has 5 nitrogen and oxygen atoms in total. The summed E-state index contributed by atoms with van der Waals surface area (Å²) in [4.78, 5) is 12.7. The van der Waals surface area contributed by atoms with Gasteiger partial charge in [0.15, 0.2) is 10.1 Å². The second kappa shape index (κ2) is 7.30. The van der Waals surface area contributed by atoms with E-state index in [2.05, 4.69) is 0 Å². The van der Waals surface area contributed by atoms with E-state index in [9.17, 15) is 35.3 Å². The number of halogens is 4. The summed E-state index contributed by atoms with van der Waals surface area (Å²) >= 11 is 0. The Morgan fingerprint density at radius 2 is 1.45 bits per heavy atom. The molecule has 10 heteroatoms. The molecule has 1 atom stereocenters. The number of esters is 1. The smallest absolute Gasteiger partial charge is 0.396 e. The molecule has 0 amide bonds. The van der Waals surface area contributed by atoms with Crippen molar-refractivity contribution in [2.45, 2.75) is 35.9 Å². The summed E-state index contributed by atoms with van der Waals surface area (Å²) in [5.41, 5.74) is 3.99. The zero-order valence-electron chi connectivity index (χ0n) is 15.9. The lowest BCUT2D eigenvalue weighted by Gasteiger charge is -2.44. The molecule has 0 aliphatic heterocycles. The summed E-state index contributed by atoms with van der Waals surface area (Å²) in [6, 6.07) is 15.1. The minimum atomic E-state index is -6.58. The lowest BCUT2D eigenvalue weighted by Crippen LogP contribution is -2.47. The number of hydrogen-bond donors (Lipinski definition) is 0. The lowest BCUT2D eigenvalue weighted by atomic mass is 9.59. The molecule has 2 aromatic rings. The molecule has 0 N–H and O–H groups in total. The first-order valence-corrected chi connectivity index (χ1v) is 10.9. The maximum atomic E-state index is 13.6. The van der Waals surface area contributed by atoms with E-state index in [1.165, 1.54) is 0 Å². The summed E-state index contributed by atoms with van der Waals surface area (Å²) in [7, 11) is -6.58. The van der Waals surface area contributed by atoms with Crippen molar-refractivity contribution in [3.8, 4) is 0 Å². The summed E-state index contributed by atoms with van der Waals surface area (Å²) in [6.07, 6.45) is -1.42. The van der Waals surface area contributed by atoms with Crippen molar-refractivity contribution in [3.63, 3.8) is 0 Å². The number of carbonyl (C=O) groups excluding carboxylic acids is 1. The van der Waals surface area contributed by atoms with E-state index >= 15 is 0 Å². The van der Waals surface area contributed by atoms with Crippen molar-refractivity contribution >= 4 is 16.1 Å². The molecule has 0 fully saturated rings. The van der Waals surface area contributed by atoms with Crippen molar-refractivity contribution in [3.05, 3.63) is 70.8 Å². The molecular formula is C21H17F4O5S-. The highest BCUT2D eigenvalue weighted by atomic mass is 32.2. The molecule has 1 unspecified atom stereocenters. The minimum absolute atomic E-state index is 0.0914. The van der Waals surface area contributed by atoms with Crippen LogP contribution in [0.15, 0.2) is 48.5 Å². The van der Waals surface area contributed by atoms with Gasteiger partial charge in [-0.2, -0.15) is 17.6 Å². The van der Waals surface area contributed by atoms with Crippen molar-refractivity contribution in [1.29, 1.82) is 0 Å². The van der Waals surface area contributed by atoms with Gasteiger partial charge in [-0.05, 0) is 28.7 Å². The number of benzene rings is 2.